The maximum atomic E-state index is 10.8. The van der Waals surface area contributed by atoms with E-state index in [0.29, 0.717) is 10.2 Å². The minimum atomic E-state index is -0.563. The van der Waals surface area contributed by atoms with Gasteiger partial charge in [-0.15, -0.1) is 0 Å². The maximum absolute atomic E-state index is 10.8. The highest BCUT2D eigenvalue weighted by molar-refractivity contribution is 8.01. The minimum Gasteiger partial charge on any atom is -0.258 e. The van der Waals surface area contributed by atoms with Gasteiger partial charge in [-0.1, -0.05) is 0 Å². The first-order valence-corrected chi connectivity index (χ1v) is 6.18. The topological polar surface area (TPSA) is 94.7 Å². The zero-order chi connectivity index (χ0) is 12.4. The monoisotopic (exact) mass is 289 g/mol. The molecule has 2 aromatic rings. The average Bonchev–Trinajstić information content (AvgIpc) is 2.63. The Bertz CT molecular complexity index is 575. The number of aryl methyl sites for hydroxylation is 1. The smallest absolute Gasteiger partial charge is 0.258 e. The lowest BCUT2D eigenvalue weighted by Gasteiger charge is -1.98. The molecule has 0 amide bonds. The third kappa shape index (κ3) is 2.87. The molecule has 0 unspecified atom stereocenters. The van der Waals surface area contributed by atoms with Crippen LogP contribution in [0.1, 0.15) is 5.82 Å². The predicted octanol–water partition coefficient (Wildman–Crippen LogP) is 2.35. The first-order valence-electron chi connectivity index (χ1n) is 4.21. The molecule has 0 saturated heterocycles. The number of rotatable bonds is 3. The van der Waals surface area contributed by atoms with Crippen molar-refractivity contribution >= 4 is 40.6 Å². The van der Waals surface area contributed by atoms with Crippen molar-refractivity contribution in [3.05, 3.63) is 27.4 Å². The van der Waals surface area contributed by atoms with Gasteiger partial charge in [0.2, 0.25) is 5.28 Å². The first kappa shape index (κ1) is 12.1. The van der Waals surface area contributed by atoms with E-state index >= 15 is 0 Å². The van der Waals surface area contributed by atoms with Crippen LogP contribution in [-0.4, -0.2) is 24.2 Å². The molecule has 0 spiro atoms. The van der Waals surface area contributed by atoms with Crippen molar-refractivity contribution in [3.63, 3.8) is 0 Å². The lowest BCUT2D eigenvalue weighted by atomic mass is 10.6. The van der Waals surface area contributed by atoms with Gasteiger partial charge in [0, 0.05) is 0 Å². The lowest BCUT2D eigenvalue weighted by molar-refractivity contribution is -0.388. The fourth-order valence-corrected chi connectivity index (χ4v) is 2.75. The van der Waals surface area contributed by atoms with Crippen LogP contribution in [0.2, 0.25) is 5.28 Å². The van der Waals surface area contributed by atoms with E-state index in [1.54, 1.807) is 6.92 Å². The lowest BCUT2D eigenvalue weighted by Crippen LogP contribution is -1.95. The van der Waals surface area contributed by atoms with Gasteiger partial charge in [-0.05, 0) is 41.8 Å². The van der Waals surface area contributed by atoms with Crippen LogP contribution in [0.4, 0.5) is 5.69 Å². The summed E-state index contributed by atoms with van der Waals surface area (Å²) in [6.45, 7) is 1.74. The molecule has 0 aliphatic carbocycles. The van der Waals surface area contributed by atoms with Crippen LogP contribution in [0.25, 0.3) is 0 Å². The molecular weight excluding hydrogens is 286 g/mol. The van der Waals surface area contributed by atoms with E-state index in [0.717, 1.165) is 29.5 Å². The number of nitro groups is 1. The van der Waals surface area contributed by atoms with Crippen molar-refractivity contribution in [1.82, 2.24) is 19.3 Å². The van der Waals surface area contributed by atoms with Gasteiger partial charge < -0.3 is 0 Å². The second-order valence-electron chi connectivity index (χ2n) is 2.80. The van der Waals surface area contributed by atoms with Crippen molar-refractivity contribution in [2.75, 3.05) is 0 Å². The zero-order valence-electron chi connectivity index (χ0n) is 8.32. The summed E-state index contributed by atoms with van der Waals surface area (Å²) in [5.41, 5.74) is -0.202. The van der Waals surface area contributed by atoms with Crippen LogP contribution in [-0.2, 0) is 0 Å². The second-order valence-corrected chi connectivity index (χ2v) is 5.12. The summed E-state index contributed by atoms with van der Waals surface area (Å²) < 4.78 is 4.54. The van der Waals surface area contributed by atoms with Crippen LogP contribution in [0.3, 0.4) is 0 Å². The summed E-state index contributed by atoms with van der Waals surface area (Å²) in [7, 11) is 0. The van der Waals surface area contributed by atoms with Gasteiger partial charge in [-0.25, -0.2) is 15.0 Å². The molecule has 0 aliphatic heterocycles. The van der Waals surface area contributed by atoms with E-state index in [1.807, 2.05) is 0 Å². The van der Waals surface area contributed by atoms with Crippen molar-refractivity contribution in [2.45, 2.75) is 16.3 Å². The van der Waals surface area contributed by atoms with Gasteiger partial charge in [0.15, 0.2) is 9.37 Å². The Morgan fingerprint density at radius 2 is 2.29 bits per heavy atom. The maximum Gasteiger partial charge on any atom is 0.320 e. The van der Waals surface area contributed by atoms with E-state index in [1.165, 1.54) is 0 Å². The summed E-state index contributed by atoms with van der Waals surface area (Å²) >= 11 is 7.79. The highest BCUT2D eigenvalue weighted by Crippen LogP contribution is 2.33. The molecule has 0 atom stereocenters. The number of hydrogen-bond donors (Lipinski definition) is 0. The zero-order valence-corrected chi connectivity index (χ0v) is 10.7. The van der Waals surface area contributed by atoms with Gasteiger partial charge >= 0.3 is 5.69 Å². The average molecular weight is 290 g/mol. The van der Waals surface area contributed by atoms with Gasteiger partial charge in [-0.2, -0.15) is 4.37 Å². The molecule has 0 saturated carbocycles. The molecule has 10 heteroatoms. The summed E-state index contributed by atoms with van der Waals surface area (Å²) in [4.78, 5) is 21.7. The molecule has 0 bridgehead atoms. The Balaban J connectivity index is 2.37. The molecule has 0 fully saturated rings. The summed E-state index contributed by atoms with van der Waals surface area (Å²) in [5, 5.41) is 10.9. The fraction of sp³-hybridized carbons (Fsp3) is 0.143. The van der Waals surface area contributed by atoms with E-state index in [-0.39, 0.29) is 16.0 Å². The fourth-order valence-electron chi connectivity index (χ4n) is 0.942. The quantitative estimate of drug-likeness (QED) is 0.370. The normalized spacial score (nSPS) is 10.5. The Kier molecular flexibility index (Phi) is 3.50. The largest absolute Gasteiger partial charge is 0.320 e. The molecule has 7 nitrogen and oxygen atoms in total. The van der Waals surface area contributed by atoms with Crippen LogP contribution >= 0.6 is 34.9 Å². The molecule has 2 heterocycles. The summed E-state index contributed by atoms with van der Waals surface area (Å²) in [6, 6.07) is 0. The van der Waals surface area contributed by atoms with Crippen molar-refractivity contribution in [2.24, 2.45) is 0 Å². The Morgan fingerprint density at radius 1 is 1.53 bits per heavy atom. The second kappa shape index (κ2) is 4.90. The minimum absolute atomic E-state index is 0.0423. The van der Waals surface area contributed by atoms with Crippen LogP contribution in [0, 0.1) is 17.0 Å². The Morgan fingerprint density at radius 3 is 2.88 bits per heavy atom. The van der Waals surface area contributed by atoms with Crippen LogP contribution < -0.4 is 0 Å². The molecule has 2 aromatic heterocycles. The first-order chi connectivity index (χ1) is 8.06. The van der Waals surface area contributed by atoms with Gasteiger partial charge in [0.1, 0.15) is 12.0 Å². The molecular formula is C7H4ClN5O2S2. The molecule has 0 aromatic carbocycles. The van der Waals surface area contributed by atoms with Crippen molar-refractivity contribution < 1.29 is 4.92 Å². The van der Waals surface area contributed by atoms with E-state index in [2.05, 4.69) is 19.3 Å². The Labute approximate surface area is 109 Å². The highest BCUT2D eigenvalue weighted by Gasteiger charge is 2.19. The van der Waals surface area contributed by atoms with Crippen LogP contribution in [0.15, 0.2) is 15.6 Å². The van der Waals surface area contributed by atoms with E-state index < -0.39 is 4.92 Å². The third-order valence-electron chi connectivity index (χ3n) is 1.60. The van der Waals surface area contributed by atoms with Gasteiger partial charge in [0.05, 0.1) is 4.92 Å². The van der Waals surface area contributed by atoms with E-state index in [4.69, 9.17) is 11.6 Å². The molecule has 17 heavy (non-hydrogen) atoms. The number of aromatic nitrogens is 4. The van der Waals surface area contributed by atoms with Crippen LogP contribution in [0.5, 0.6) is 0 Å². The predicted molar refractivity (Wildman–Crippen MR) is 62.5 cm³/mol. The number of nitrogens with zero attached hydrogens (tertiary/aromatic N) is 5. The highest BCUT2D eigenvalue weighted by atomic mass is 35.5. The number of hydrogen-bond acceptors (Lipinski definition) is 8. The molecule has 0 N–H and O–H groups in total. The van der Waals surface area contributed by atoms with Gasteiger partial charge in [0.25, 0.3) is 0 Å². The standard InChI is InChI=1S/C7H4ClN5O2S2/c1-3-10-7(17-12-3)16-5-4(13(14)15)2-9-6(8)11-5/h2H,1H3. The molecule has 2 rings (SSSR count). The molecule has 0 aliphatic rings. The summed E-state index contributed by atoms with van der Waals surface area (Å²) in [6.07, 6.45) is 1.07. The molecule has 88 valence electrons. The summed E-state index contributed by atoms with van der Waals surface area (Å²) in [5.74, 6) is 0.611. The Hall–Kier alpha value is -1.32. The SMILES string of the molecule is Cc1nsc(Sc2nc(Cl)ncc2[N+](=O)[O-])n1. The van der Waals surface area contributed by atoms with Gasteiger partial charge in [-0.3, -0.25) is 10.1 Å². The van der Waals surface area contributed by atoms with Crippen molar-refractivity contribution in [3.8, 4) is 0 Å². The third-order valence-corrected chi connectivity index (χ3v) is 3.61. The van der Waals surface area contributed by atoms with E-state index in [9.17, 15) is 10.1 Å². The van der Waals surface area contributed by atoms with Crippen molar-refractivity contribution in [1.29, 1.82) is 0 Å². The number of halogens is 1. The molecule has 0 radical (unpaired) electrons.